The molecule has 116 valence electrons. The first-order valence-electron chi connectivity index (χ1n) is 7.48. The zero-order valence-electron chi connectivity index (χ0n) is 12.6. The number of hydrogen-bond donors (Lipinski definition) is 1. The third-order valence-corrected chi connectivity index (χ3v) is 3.96. The van der Waals surface area contributed by atoms with Crippen molar-refractivity contribution in [1.82, 2.24) is 4.90 Å². The van der Waals surface area contributed by atoms with Gasteiger partial charge in [-0.15, -0.1) is 0 Å². The lowest BCUT2D eigenvalue weighted by molar-refractivity contribution is -0.133. The molecule has 5 heteroatoms. The van der Waals surface area contributed by atoms with Crippen LogP contribution in [0.25, 0.3) is 0 Å². The van der Waals surface area contributed by atoms with Crippen molar-refractivity contribution in [2.75, 3.05) is 13.2 Å². The zero-order valence-corrected chi connectivity index (χ0v) is 13.4. The molecule has 0 heterocycles. The molecule has 1 amide bonds. The second kappa shape index (κ2) is 7.14. The molecule has 0 saturated heterocycles. The van der Waals surface area contributed by atoms with Gasteiger partial charge in [-0.05, 0) is 45.2 Å². The van der Waals surface area contributed by atoms with Crippen molar-refractivity contribution in [2.24, 2.45) is 5.73 Å². The Labute approximate surface area is 131 Å². The highest BCUT2D eigenvalue weighted by Crippen LogP contribution is 2.29. The SMILES string of the molecule is CCN(C(=O)COc1cccc(Cl)c1CC(C)N)C1CC1. The normalized spacial score (nSPS) is 15.6. The Morgan fingerprint density at radius 3 is 2.81 bits per heavy atom. The largest absolute Gasteiger partial charge is 0.483 e. The summed E-state index contributed by atoms with van der Waals surface area (Å²) in [7, 11) is 0. The number of benzene rings is 1. The Morgan fingerprint density at radius 1 is 1.52 bits per heavy atom. The number of carbonyl (C=O) groups is 1. The molecular formula is C16H23ClN2O2. The molecule has 1 unspecified atom stereocenters. The molecule has 0 aromatic heterocycles. The highest BCUT2D eigenvalue weighted by atomic mass is 35.5. The quantitative estimate of drug-likeness (QED) is 0.842. The van der Waals surface area contributed by atoms with Crippen molar-refractivity contribution in [2.45, 2.75) is 45.2 Å². The molecule has 21 heavy (non-hydrogen) atoms. The fraction of sp³-hybridized carbons (Fsp3) is 0.562. The van der Waals surface area contributed by atoms with Crippen LogP contribution in [0.3, 0.4) is 0 Å². The topological polar surface area (TPSA) is 55.6 Å². The van der Waals surface area contributed by atoms with Crippen LogP contribution in [0.1, 0.15) is 32.3 Å². The van der Waals surface area contributed by atoms with Gasteiger partial charge >= 0.3 is 0 Å². The minimum Gasteiger partial charge on any atom is -0.483 e. The number of hydrogen-bond acceptors (Lipinski definition) is 3. The first-order chi connectivity index (χ1) is 10.0. The summed E-state index contributed by atoms with van der Waals surface area (Å²) in [5, 5.41) is 0.631. The fourth-order valence-electron chi connectivity index (χ4n) is 2.44. The van der Waals surface area contributed by atoms with Crippen molar-refractivity contribution in [3.63, 3.8) is 0 Å². The van der Waals surface area contributed by atoms with Gasteiger partial charge in [-0.1, -0.05) is 17.7 Å². The number of nitrogens with two attached hydrogens (primary N) is 1. The molecule has 1 aliphatic rings. The molecule has 0 bridgehead atoms. The maximum Gasteiger partial charge on any atom is 0.260 e. The lowest BCUT2D eigenvalue weighted by atomic mass is 10.1. The van der Waals surface area contributed by atoms with Crippen molar-refractivity contribution in [3.8, 4) is 5.75 Å². The Bertz CT molecular complexity index is 501. The van der Waals surface area contributed by atoms with E-state index < -0.39 is 0 Å². The van der Waals surface area contributed by atoms with E-state index in [9.17, 15) is 4.79 Å². The van der Waals surface area contributed by atoms with Crippen LogP contribution < -0.4 is 10.5 Å². The highest BCUT2D eigenvalue weighted by Gasteiger charge is 2.31. The summed E-state index contributed by atoms with van der Waals surface area (Å²) in [6.45, 7) is 4.70. The minimum atomic E-state index is -0.0124. The maximum atomic E-state index is 12.2. The predicted molar refractivity (Wildman–Crippen MR) is 84.7 cm³/mol. The third kappa shape index (κ3) is 4.35. The maximum absolute atomic E-state index is 12.2. The lowest BCUT2D eigenvalue weighted by Gasteiger charge is -2.21. The van der Waals surface area contributed by atoms with Crippen molar-refractivity contribution in [1.29, 1.82) is 0 Å². The zero-order chi connectivity index (χ0) is 15.4. The first-order valence-corrected chi connectivity index (χ1v) is 7.86. The summed E-state index contributed by atoms with van der Waals surface area (Å²) in [6, 6.07) is 5.88. The standard InChI is InChI=1S/C16H23ClN2O2/c1-3-19(12-7-8-12)16(20)10-21-15-6-4-5-14(17)13(15)9-11(2)18/h4-6,11-12H,3,7-10,18H2,1-2H3. The van der Waals surface area contributed by atoms with Crippen LogP contribution in [0.5, 0.6) is 5.75 Å². The van der Waals surface area contributed by atoms with Gasteiger partial charge < -0.3 is 15.4 Å². The smallest absolute Gasteiger partial charge is 0.260 e. The third-order valence-electron chi connectivity index (χ3n) is 3.60. The van der Waals surface area contributed by atoms with Crippen LogP contribution in [0.15, 0.2) is 18.2 Å². The fourth-order valence-corrected chi connectivity index (χ4v) is 2.68. The van der Waals surface area contributed by atoms with Gasteiger partial charge in [-0.2, -0.15) is 0 Å². The second-order valence-corrected chi connectivity index (χ2v) is 6.00. The van der Waals surface area contributed by atoms with Crippen LogP contribution in [-0.4, -0.2) is 36.0 Å². The Morgan fingerprint density at radius 2 is 2.24 bits per heavy atom. The number of nitrogens with zero attached hydrogens (tertiary/aromatic N) is 1. The van der Waals surface area contributed by atoms with E-state index in [2.05, 4.69) is 0 Å². The summed E-state index contributed by atoms with van der Waals surface area (Å²) in [5.41, 5.74) is 6.72. The molecule has 4 nitrogen and oxygen atoms in total. The van der Waals surface area contributed by atoms with E-state index >= 15 is 0 Å². The van der Waals surface area contributed by atoms with Crippen LogP contribution in [0.2, 0.25) is 5.02 Å². The number of amides is 1. The van der Waals surface area contributed by atoms with E-state index in [1.165, 1.54) is 0 Å². The molecular weight excluding hydrogens is 288 g/mol. The van der Waals surface area contributed by atoms with Gasteiger partial charge in [0.2, 0.25) is 0 Å². The van der Waals surface area contributed by atoms with Gasteiger partial charge in [-0.25, -0.2) is 0 Å². The van der Waals surface area contributed by atoms with E-state index in [1.807, 2.05) is 36.9 Å². The van der Waals surface area contributed by atoms with Gasteiger partial charge in [0.1, 0.15) is 5.75 Å². The van der Waals surface area contributed by atoms with E-state index in [0.717, 1.165) is 24.9 Å². The molecule has 1 saturated carbocycles. The second-order valence-electron chi connectivity index (χ2n) is 5.60. The van der Waals surface area contributed by atoms with Crippen LogP contribution >= 0.6 is 11.6 Å². The summed E-state index contributed by atoms with van der Waals surface area (Å²) < 4.78 is 5.71. The molecule has 1 aromatic rings. The molecule has 2 rings (SSSR count). The number of carbonyl (C=O) groups excluding carboxylic acids is 1. The van der Waals surface area contributed by atoms with Crippen LogP contribution in [-0.2, 0) is 11.2 Å². The Kier molecular flexibility index (Phi) is 5.48. The number of halogens is 1. The lowest BCUT2D eigenvalue weighted by Crippen LogP contribution is -2.36. The highest BCUT2D eigenvalue weighted by molar-refractivity contribution is 6.31. The molecule has 0 spiro atoms. The van der Waals surface area contributed by atoms with Gasteiger partial charge in [-0.3, -0.25) is 4.79 Å². The molecule has 1 aliphatic carbocycles. The van der Waals surface area contributed by atoms with Crippen molar-refractivity contribution < 1.29 is 9.53 Å². The van der Waals surface area contributed by atoms with Crippen LogP contribution in [0.4, 0.5) is 0 Å². The molecule has 0 radical (unpaired) electrons. The Balaban J connectivity index is 2.02. The first kappa shape index (κ1) is 16.1. The molecule has 1 fully saturated rings. The van der Waals surface area contributed by atoms with Crippen LogP contribution in [0, 0.1) is 0 Å². The predicted octanol–water partition coefficient (Wildman–Crippen LogP) is 2.62. The minimum absolute atomic E-state index is 0.0124. The van der Waals surface area contributed by atoms with Gasteiger partial charge in [0, 0.05) is 29.2 Å². The molecule has 1 atom stereocenters. The van der Waals surface area contributed by atoms with E-state index in [1.54, 1.807) is 0 Å². The van der Waals surface area contributed by atoms with Crippen molar-refractivity contribution in [3.05, 3.63) is 28.8 Å². The van der Waals surface area contributed by atoms with Gasteiger partial charge in [0.15, 0.2) is 6.61 Å². The monoisotopic (exact) mass is 310 g/mol. The summed E-state index contributed by atoms with van der Waals surface area (Å²) in [6.07, 6.45) is 2.84. The average Bonchev–Trinajstić information content (AvgIpc) is 3.24. The van der Waals surface area contributed by atoms with E-state index in [-0.39, 0.29) is 18.6 Å². The molecule has 1 aromatic carbocycles. The van der Waals surface area contributed by atoms with Gasteiger partial charge in [0.25, 0.3) is 5.91 Å². The summed E-state index contributed by atoms with van der Waals surface area (Å²) in [4.78, 5) is 14.1. The number of ether oxygens (including phenoxy) is 1. The summed E-state index contributed by atoms with van der Waals surface area (Å²) in [5.74, 6) is 0.687. The van der Waals surface area contributed by atoms with E-state index in [0.29, 0.717) is 23.2 Å². The van der Waals surface area contributed by atoms with Gasteiger partial charge in [0.05, 0.1) is 0 Å². The average molecular weight is 311 g/mol. The van der Waals surface area contributed by atoms with E-state index in [4.69, 9.17) is 22.1 Å². The molecule has 0 aliphatic heterocycles. The Hall–Kier alpha value is -1.26. The van der Waals surface area contributed by atoms with Crippen molar-refractivity contribution >= 4 is 17.5 Å². The summed E-state index contributed by atoms with van der Waals surface area (Å²) >= 11 is 6.21. The molecule has 2 N–H and O–H groups in total. The number of likely N-dealkylation sites (N-methyl/N-ethyl adjacent to an activating group) is 1. The number of rotatable bonds is 7.